The van der Waals surface area contributed by atoms with Crippen molar-refractivity contribution in [2.24, 2.45) is 0 Å². The van der Waals surface area contributed by atoms with Gasteiger partial charge in [0, 0.05) is 25.6 Å². The zero-order valence-corrected chi connectivity index (χ0v) is 13.1. The van der Waals surface area contributed by atoms with Crippen molar-refractivity contribution >= 4 is 17.8 Å². The maximum atomic E-state index is 11.5. The Kier molecular flexibility index (Phi) is 7.20. The van der Waals surface area contributed by atoms with E-state index in [0.29, 0.717) is 24.9 Å². The highest BCUT2D eigenvalue weighted by Gasteiger charge is 2.07. The van der Waals surface area contributed by atoms with Gasteiger partial charge in [-0.3, -0.25) is 4.79 Å². The minimum Gasteiger partial charge on any atom is -0.467 e. The van der Waals surface area contributed by atoms with E-state index >= 15 is 0 Å². The molecule has 3 N–H and O–H groups in total. The molecule has 0 fully saturated rings. The maximum Gasteiger partial charge on any atom is 0.322 e. The minimum absolute atomic E-state index is 0.0112. The first kappa shape index (κ1) is 16.9. The van der Waals surface area contributed by atoms with Crippen molar-refractivity contribution in [2.45, 2.75) is 39.7 Å². The van der Waals surface area contributed by atoms with E-state index < -0.39 is 0 Å². The molecule has 0 atom stereocenters. The van der Waals surface area contributed by atoms with Crippen molar-refractivity contribution in [3.63, 3.8) is 0 Å². The fraction of sp³-hybridized carbons (Fsp3) is 0.692. The minimum atomic E-state index is -0.0112. The number of ether oxygens (including phenoxy) is 1. The van der Waals surface area contributed by atoms with Crippen LogP contribution in [0.4, 0.5) is 11.9 Å². The van der Waals surface area contributed by atoms with Crippen molar-refractivity contribution < 1.29 is 9.53 Å². The largest absolute Gasteiger partial charge is 0.467 e. The van der Waals surface area contributed by atoms with E-state index in [-0.39, 0.29) is 18.0 Å². The van der Waals surface area contributed by atoms with Crippen LogP contribution in [0.25, 0.3) is 0 Å². The van der Waals surface area contributed by atoms with E-state index in [0.717, 1.165) is 13.0 Å². The number of hydrogen-bond donors (Lipinski definition) is 3. The van der Waals surface area contributed by atoms with Crippen molar-refractivity contribution in [1.29, 1.82) is 0 Å². The van der Waals surface area contributed by atoms with Gasteiger partial charge in [0.1, 0.15) is 0 Å². The number of aromatic nitrogens is 3. The second kappa shape index (κ2) is 8.93. The Morgan fingerprint density at radius 1 is 1.14 bits per heavy atom. The van der Waals surface area contributed by atoms with Crippen LogP contribution in [-0.4, -0.2) is 47.1 Å². The molecule has 1 rings (SSSR count). The number of anilines is 2. The summed E-state index contributed by atoms with van der Waals surface area (Å²) in [5.41, 5.74) is 0. The van der Waals surface area contributed by atoms with Crippen molar-refractivity contribution in [3.8, 4) is 6.01 Å². The van der Waals surface area contributed by atoms with Gasteiger partial charge < -0.3 is 20.7 Å². The first-order valence-electron chi connectivity index (χ1n) is 7.12. The molecule has 1 aromatic rings. The second-order valence-electron chi connectivity index (χ2n) is 4.80. The van der Waals surface area contributed by atoms with Gasteiger partial charge in [0.05, 0.1) is 7.11 Å². The molecule has 0 aromatic carbocycles. The third kappa shape index (κ3) is 6.73. The number of carbonyl (C=O) groups is 1. The molecule has 1 amide bonds. The first-order chi connectivity index (χ1) is 10.0. The molecule has 1 heterocycles. The second-order valence-corrected chi connectivity index (χ2v) is 4.80. The summed E-state index contributed by atoms with van der Waals surface area (Å²) >= 11 is 0. The van der Waals surface area contributed by atoms with Gasteiger partial charge in [0.2, 0.25) is 17.8 Å². The van der Waals surface area contributed by atoms with E-state index in [1.165, 1.54) is 7.11 Å². The summed E-state index contributed by atoms with van der Waals surface area (Å²) in [5.74, 6) is 0.832. The predicted octanol–water partition coefficient (Wildman–Crippen LogP) is 1.03. The molecule has 0 aliphatic rings. The van der Waals surface area contributed by atoms with Gasteiger partial charge in [0.15, 0.2) is 0 Å². The van der Waals surface area contributed by atoms with Crippen molar-refractivity contribution in [2.75, 3.05) is 30.8 Å². The molecule has 0 saturated heterocycles. The van der Waals surface area contributed by atoms with Gasteiger partial charge in [-0.15, -0.1) is 0 Å². The highest BCUT2D eigenvalue weighted by Crippen LogP contribution is 2.10. The van der Waals surface area contributed by atoms with Gasteiger partial charge in [-0.05, 0) is 20.3 Å². The normalized spacial score (nSPS) is 10.3. The third-order valence-corrected chi connectivity index (χ3v) is 2.42. The van der Waals surface area contributed by atoms with Crippen LogP contribution in [0.5, 0.6) is 6.01 Å². The average Bonchev–Trinajstić information content (AvgIpc) is 2.44. The predicted molar refractivity (Wildman–Crippen MR) is 81.5 cm³/mol. The highest BCUT2D eigenvalue weighted by atomic mass is 16.5. The van der Waals surface area contributed by atoms with E-state index in [2.05, 4.69) is 37.8 Å². The molecule has 8 nitrogen and oxygen atoms in total. The SMILES string of the molecule is CCCNc1nc(NCCC(=O)NC(C)C)nc(OC)n1. The number of carbonyl (C=O) groups excluding carboxylic acids is 1. The van der Waals surface area contributed by atoms with Crippen molar-refractivity contribution in [1.82, 2.24) is 20.3 Å². The summed E-state index contributed by atoms with van der Waals surface area (Å²) in [6, 6.07) is 0.373. The molecule has 8 heteroatoms. The quantitative estimate of drug-likeness (QED) is 0.625. The zero-order chi connectivity index (χ0) is 15.7. The molecule has 0 bridgehead atoms. The molecule has 1 aromatic heterocycles. The molecule has 0 aliphatic carbocycles. The van der Waals surface area contributed by atoms with Crippen LogP contribution in [0.2, 0.25) is 0 Å². The summed E-state index contributed by atoms with van der Waals surface area (Å²) in [5, 5.41) is 8.89. The zero-order valence-electron chi connectivity index (χ0n) is 13.1. The summed E-state index contributed by atoms with van der Waals surface area (Å²) in [4.78, 5) is 23.9. The van der Waals surface area contributed by atoms with Gasteiger partial charge in [-0.2, -0.15) is 15.0 Å². The molecule has 118 valence electrons. The Balaban J connectivity index is 2.55. The summed E-state index contributed by atoms with van der Waals surface area (Å²) < 4.78 is 5.03. The number of rotatable bonds is 9. The lowest BCUT2D eigenvalue weighted by molar-refractivity contribution is -0.121. The molecule has 0 saturated carbocycles. The first-order valence-corrected chi connectivity index (χ1v) is 7.12. The number of amides is 1. The van der Waals surface area contributed by atoms with Gasteiger partial charge in [0.25, 0.3) is 0 Å². The Labute approximate surface area is 125 Å². The van der Waals surface area contributed by atoms with Crippen LogP contribution >= 0.6 is 0 Å². The van der Waals surface area contributed by atoms with Crippen LogP contribution < -0.4 is 20.7 Å². The van der Waals surface area contributed by atoms with E-state index in [9.17, 15) is 4.79 Å². The fourth-order valence-electron chi connectivity index (χ4n) is 1.52. The van der Waals surface area contributed by atoms with Gasteiger partial charge >= 0.3 is 6.01 Å². The van der Waals surface area contributed by atoms with E-state index in [1.807, 2.05) is 13.8 Å². The molecule has 0 unspecified atom stereocenters. The van der Waals surface area contributed by atoms with Crippen LogP contribution in [-0.2, 0) is 4.79 Å². The average molecular weight is 296 g/mol. The molecule has 0 aliphatic heterocycles. The number of hydrogen-bond acceptors (Lipinski definition) is 7. The Bertz CT molecular complexity index is 452. The lowest BCUT2D eigenvalue weighted by atomic mass is 10.3. The molecular formula is C13H24N6O2. The van der Waals surface area contributed by atoms with E-state index in [1.54, 1.807) is 0 Å². The molecule has 21 heavy (non-hydrogen) atoms. The Morgan fingerprint density at radius 2 is 1.76 bits per heavy atom. The number of nitrogens with one attached hydrogen (secondary N) is 3. The third-order valence-electron chi connectivity index (χ3n) is 2.42. The summed E-state index contributed by atoms with van der Waals surface area (Å²) in [7, 11) is 1.50. The Morgan fingerprint density at radius 3 is 2.29 bits per heavy atom. The maximum absolute atomic E-state index is 11.5. The van der Waals surface area contributed by atoms with Gasteiger partial charge in [-0.1, -0.05) is 6.92 Å². The fourth-order valence-corrected chi connectivity index (χ4v) is 1.52. The smallest absolute Gasteiger partial charge is 0.322 e. The topological polar surface area (TPSA) is 101 Å². The lowest BCUT2D eigenvalue weighted by Crippen LogP contribution is -2.31. The lowest BCUT2D eigenvalue weighted by Gasteiger charge is -2.10. The molecule has 0 spiro atoms. The molecule has 0 radical (unpaired) electrons. The standard InChI is InChI=1S/C13H24N6O2/c1-5-7-14-11-17-12(19-13(18-11)21-4)15-8-6-10(20)16-9(2)3/h9H,5-8H2,1-4H3,(H,16,20)(H2,14,15,17,18,19). The summed E-state index contributed by atoms with van der Waals surface area (Å²) in [6.45, 7) is 7.11. The van der Waals surface area contributed by atoms with Crippen molar-refractivity contribution in [3.05, 3.63) is 0 Å². The van der Waals surface area contributed by atoms with Crippen LogP contribution in [0.1, 0.15) is 33.6 Å². The number of methoxy groups -OCH3 is 1. The van der Waals surface area contributed by atoms with Crippen LogP contribution in [0.15, 0.2) is 0 Å². The van der Waals surface area contributed by atoms with Crippen LogP contribution in [0, 0.1) is 0 Å². The monoisotopic (exact) mass is 296 g/mol. The highest BCUT2D eigenvalue weighted by molar-refractivity contribution is 5.76. The summed E-state index contributed by atoms with van der Waals surface area (Å²) in [6.07, 6.45) is 1.32. The molecular weight excluding hydrogens is 272 g/mol. The number of nitrogens with zero attached hydrogens (tertiary/aromatic N) is 3. The van der Waals surface area contributed by atoms with E-state index in [4.69, 9.17) is 4.74 Å². The van der Waals surface area contributed by atoms with Crippen LogP contribution in [0.3, 0.4) is 0 Å². The Hall–Kier alpha value is -2.12. The van der Waals surface area contributed by atoms with Gasteiger partial charge in [-0.25, -0.2) is 0 Å².